The average molecular weight is 214 g/mol. The van der Waals surface area contributed by atoms with Crippen molar-refractivity contribution in [1.82, 2.24) is 10.2 Å². The summed E-state index contributed by atoms with van der Waals surface area (Å²) in [5, 5.41) is 3.23. The van der Waals surface area contributed by atoms with Gasteiger partial charge >= 0.3 is 0 Å². The van der Waals surface area contributed by atoms with E-state index in [1.54, 1.807) is 0 Å². The summed E-state index contributed by atoms with van der Waals surface area (Å²) in [7, 11) is 4.27. The van der Waals surface area contributed by atoms with Crippen molar-refractivity contribution in [2.24, 2.45) is 5.92 Å². The van der Waals surface area contributed by atoms with Gasteiger partial charge in [0.25, 0.3) is 0 Å². The van der Waals surface area contributed by atoms with Crippen LogP contribution in [0.5, 0.6) is 0 Å². The van der Waals surface area contributed by atoms with E-state index in [1.165, 1.54) is 45.2 Å². The second kappa shape index (κ2) is 10.4. The number of nitrogens with one attached hydrogen (secondary N) is 1. The van der Waals surface area contributed by atoms with Gasteiger partial charge in [0.15, 0.2) is 0 Å². The van der Waals surface area contributed by atoms with E-state index in [0.29, 0.717) is 0 Å². The Morgan fingerprint density at radius 1 is 1.13 bits per heavy atom. The Bertz CT molecular complexity index is 126. The van der Waals surface area contributed by atoms with Crippen LogP contribution in [-0.2, 0) is 0 Å². The molecule has 0 aromatic heterocycles. The van der Waals surface area contributed by atoms with Gasteiger partial charge in [0, 0.05) is 6.54 Å². The van der Waals surface area contributed by atoms with Crippen molar-refractivity contribution in [2.45, 2.75) is 46.0 Å². The van der Waals surface area contributed by atoms with Gasteiger partial charge in [-0.05, 0) is 39.5 Å². The third-order valence-corrected chi connectivity index (χ3v) is 2.82. The summed E-state index contributed by atoms with van der Waals surface area (Å²) in [6.07, 6.45) is 6.92. The summed E-state index contributed by atoms with van der Waals surface area (Å²) >= 11 is 0. The molecule has 0 fully saturated rings. The van der Waals surface area contributed by atoms with Crippen LogP contribution in [-0.4, -0.2) is 38.6 Å². The van der Waals surface area contributed by atoms with E-state index in [-0.39, 0.29) is 0 Å². The van der Waals surface area contributed by atoms with Crippen LogP contribution in [0, 0.1) is 5.92 Å². The Kier molecular flexibility index (Phi) is 10.4. The molecule has 0 saturated heterocycles. The lowest BCUT2D eigenvalue weighted by Gasteiger charge is -2.20. The molecule has 0 spiro atoms. The van der Waals surface area contributed by atoms with Crippen molar-refractivity contribution in [2.75, 3.05) is 33.7 Å². The molecule has 0 aromatic carbocycles. The van der Waals surface area contributed by atoms with Gasteiger partial charge < -0.3 is 10.2 Å². The van der Waals surface area contributed by atoms with E-state index in [0.717, 1.165) is 12.5 Å². The lowest BCUT2D eigenvalue weighted by Crippen LogP contribution is -2.30. The van der Waals surface area contributed by atoms with Gasteiger partial charge in [0.2, 0.25) is 0 Å². The fourth-order valence-electron chi connectivity index (χ4n) is 2.02. The molecule has 0 aliphatic rings. The molecule has 1 atom stereocenters. The highest BCUT2D eigenvalue weighted by molar-refractivity contribution is 4.60. The standard InChI is InChI=1S/C13H30N2/c1-5-6-7-8-9-10-15(4)12-13(2)11-14-3/h13-14H,5-12H2,1-4H3. The average Bonchev–Trinajstić information content (AvgIpc) is 2.17. The maximum Gasteiger partial charge on any atom is 0.00161 e. The molecule has 92 valence electrons. The van der Waals surface area contributed by atoms with Crippen LogP contribution in [0.25, 0.3) is 0 Å². The fraction of sp³-hybridized carbons (Fsp3) is 1.00. The number of nitrogens with zero attached hydrogens (tertiary/aromatic N) is 1. The van der Waals surface area contributed by atoms with Crippen LogP contribution in [0.1, 0.15) is 46.0 Å². The molecule has 0 aliphatic heterocycles. The van der Waals surface area contributed by atoms with Crippen LogP contribution >= 0.6 is 0 Å². The fourth-order valence-corrected chi connectivity index (χ4v) is 2.02. The van der Waals surface area contributed by atoms with Gasteiger partial charge in [0.05, 0.1) is 0 Å². The minimum absolute atomic E-state index is 0.760. The third kappa shape index (κ3) is 10.2. The van der Waals surface area contributed by atoms with Crippen LogP contribution in [0.4, 0.5) is 0 Å². The van der Waals surface area contributed by atoms with Gasteiger partial charge in [0.1, 0.15) is 0 Å². The predicted molar refractivity (Wildman–Crippen MR) is 69.3 cm³/mol. The zero-order chi connectivity index (χ0) is 11.5. The topological polar surface area (TPSA) is 15.3 Å². The molecular weight excluding hydrogens is 184 g/mol. The summed E-state index contributed by atoms with van der Waals surface area (Å²) in [5.74, 6) is 0.760. The molecule has 0 aliphatic carbocycles. The third-order valence-electron chi connectivity index (χ3n) is 2.82. The second-order valence-electron chi connectivity index (χ2n) is 4.84. The molecule has 0 amide bonds. The van der Waals surface area contributed by atoms with Crippen molar-refractivity contribution >= 4 is 0 Å². The summed E-state index contributed by atoms with van der Waals surface area (Å²) < 4.78 is 0. The maximum absolute atomic E-state index is 3.23. The van der Waals surface area contributed by atoms with Crippen molar-refractivity contribution in [3.05, 3.63) is 0 Å². The zero-order valence-corrected chi connectivity index (χ0v) is 11.2. The van der Waals surface area contributed by atoms with Crippen molar-refractivity contribution in [1.29, 1.82) is 0 Å². The van der Waals surface area contributed by atoms with E-state index in [2.05, 4.69) is 31.1 Å². The first-order valence-corrected chi connectivity index (χ1v) is 6.53. The van der Waals surface area contributed by atoms with Crippen LogP contribution in [0.2, 0.25) is 0 Å². The summed E-state index contributed by atoms with van der Waals surface area (Å²) in [4.78, 5) is 2.47. The molecule has 2 heteroatoms. The van der Waals surface area contributed by atoms with E-state index in [9.17, 15) is 0 Å². The molecule has 2 nitrogen and oxygen atoms in total. The molecule has 0 rings (SSSR count). The van der Waals surface area contributed by atoms with E-state index >= 15 is 0 Å². The largest absolute Gasteiger partial charge is 0.319 e. The van der Waals surface area contributed by atoms with Crippen LogP contribution in [0.15, 0.2) is 0 Å². The molecule has 1 N–H and O–H groups in total. The highest BCUT2D eigenvalue weighted by atomic mass is 15.1. The summed E-state index contributed by atoms with van der Waals surface area (Å²) in [6, 6.07) is 0. The quantitative estimate of drug-likeness (QED) is 0.563. The van der Waals surface area contributed by atoms with Crippen LogP contribution in [0.3, 0.4) is 0 Å². The smallest absolute Gasteiger partial charge is 0.00161 e. The van der Waals surface area contributed by atoms with Gasteiger partial charge in [-0.15, -0.1) is 0 Å². The predicted octanol–water partition coefficient (Wildman–Crippen LogP) is 2.74. The van der Waals surface area contributed by atoms with Gasteiger partial charge in [-0.25, -0.2) is 0 Å². The molecule has 0 saturated carbocycles. The number of hydrogen-bond donors (Lipinski definition) is 1. The first-order valence-electron chi connectivity index (χ1n) is 6.53. The summed E-state index contributed by atoms with van der Waals surface area (Å²) in [5.41, 5.74) is 0. The van der Waals surface area contributed by atoms with Crippen molar-refractivity contribution < 1.29 is 0 Å². The molecule has 15 heavy (non-hydrogen) atoms. The monoisotopic (exact) mass is 214 g/mol. The Hall–Kier alpha value is -0.0800. The van der Waals surface area contributed by atoms with Crippen molar-refractivity contribution in [3.63, 3.8) is 0 Å². The van der Waals surface area contributed by atoms with Gasteiger partial charge in [-0.1, -0.05) is 39.5 Å². The maximum atomic E-state index is 3.23. The van der Waals surface area contributed by atoms with E-state index < -0.39 is 0 Å². The SMILES string of the molecule is CCCCCCCN(C)CC(C)CNC. The Morgan fingerprint density at radius 2 is 1.80 bits per heavy atom. The molecule has 0 radical (unpaired) electrons. The molecule has 0 heterocycles. The highest BCUT2D eigenvalue weighted by Crippen LogP contribution is 2.04. The first kappa shape index (κ1) is 14.9. The highest BCUT2D eigenvalue weighted by Gasteiger charge is 2.04. The molecule has 1 unspecified atom stereocenters. The van der Waals surface area contributed by atoms with Crippen LogP contribution < -0.4 is 5.32 Å². The van der Waals surface area contributed by atoms with Gasteiger partial charge in [-0.2, -0.15) is 0 Å². The molecule has 0 bridgehead atoms. The number of hydrogen-bond acceptors (Lipinski definition) is 2. The summed E-state index contributed by atoms with van der Waals surface area (Å²) in [6.45, 7) is 8.18. The molecule has 0 aromatic rings. The lowest BCUT2D eigenvalue weighted by atomic mass is 10.1. The Labute approximate surface area is 96.4 Å². The molecular formula is C13H30N2. The Balaban J connectivity index is 3.28. The zero-order valence-electron chi connectivity index (χ0n) is 11.2. The van der Waals surface area contributed by atoms with Crippen molar-refractivity contribution in [3.8, 4) is 0 Å². The van der Waals surface area contributed by atoms with E-state index in [4.69, 9.17) is 0 Å². The lowest BCUT2D eigenvalue weighted by molar-refractivity contribution is 0.277. The number of unbranched alkanes of at least 4 members (excludes halogenated alkanes) is 4. The first-order chi connectivity index (χ1) is 7.20. The second-order valence-corrected chi connectivity index (χ2v) is 4.84. The minimum Gasteiger partial charge on any atom is -0.319 e. The van der Waals surface area contributed by atoms with Gasteiger partial charge in [-0.3, -0.25) is 0 Å². The Morgan fingerprint density at radius 3 is 2.40 bits per heavy atom. The number of rotatable bonds is 10. The van der Waals surface area contributed by atoms with E-state index in [1.807, 2.05) is 7.05 Å². The normalized spacial score (nSPS) is 13.4. The minimum atomic E-state index is 0.760.